The molecule has 1 N–H and O–H groups in total. The van der Waals surface area contributed by atoms with Crippen LogP contribution in [0.1, 0.15) is 5.82 Å². The lowest BCUT2D eigenvalue weighted by Crippen LogP contribution is -2.33. The van der Waals surface area contributed by atoms with E-state index in [9.17, 15) is 0 Å². The molecule has 1 saturated heterocycles. The Labute approximate surface area is 167 Å². The molecule has 0 amide bonds. The summed E-state index contributed by atoms with van der Waals surface area (Å²) in [6.07, 6.45) is 3.77. The maximum atomic E-state index is 5.23. The van der Waals surface area contributed by atoms with Gasteiger partial charge in [0.25, 0.3) is 0 Å². The Morgan fingerprint density at radius 1 is 1.24 bits per heavy atom. The van der Waals surface area contributed by atoms with E-state index in [1.54, 1.807) is 7.11 Å². The van der Waals surface area contributed by atoms with Gasteiger partial charge in [-0.05, 0) is 25.1 Å². The second kappa shape index (κ2) is 7.41. The predicted octanol–water partition coefficient (Wildman–Crippen LogP) is 2.15. The molecule has 0 spiro atoms. The number of methoxy groups -OCH3 is 1. The van der Waals surface area contributed by atoms with Gasteiger partial charge in [0.15, 0.2) is 5.65 Å². The molecule has 0 atom stereocenters. The van der Waals surface area contributed by atoms with Gasteiger partial charge in [0, 0.05) is 37.9 Å². The highest BCUT2D eigenvalue weighted by Gasteiger charge is 2.18. The highest BCUT2D eigenvalue weighted by molar-refractivity contribution is 5.82. The first kappa shape index (κ1) is 18.0. The molecule has 0 radical (unpaired) electrons. The van der Waals surface area contributed by atoms with Gasteiger partial charge in [-0.25, -0.2) is 19.5 Å². The summed E-state index contributed by atoms with van der Waals surface area (Å²) in [5.74, 6) is 2.08. The van der Waals surface area contributed by atoms with E-state index in [-0.39, 0.29) is 0 Å². The third-order valence-electron chi connectivity index (χ3n) is 5.25. The van der Waals surface area contributed by atoms with Gasteiger partial charge in [-0.15, -0.1) is 5.10 Å². The molecule has 1 fully saturated rings. The minimum Gasteiger partial charge on any atom is -0.383 e. The van der Waals surface area contributed by atoms with Crippen LogP contribution in [0.5, 0.6) is 0 Å². The Morgan fingerprint density at radius 2 is 2.14 bits per heavy atom. The van der Waals surface area contributed by atoms with E-state index in [1.165, 1.54) is 0 Å². The molecular formula is C20H23N7O2. The lowest BCUT2D eigenvalue weighted by Gasteiger charge is -2.25. The normalized spacial score (nSPS) is 14.6. The van der Waals surface area contributed by atoms with Gasteiger partial charge >= 0.3 is 0 Å². The Hall–Kier alpha value is -3.04. The summed E-state index contributed by atoms with van der Waals surface area (Å²) in [5, 5.41) is 7.85. The molecule has 0 bridgehead atoms. The summed E-state index contributed by atoms with van der Waals surface area (Å²) in [4.78, 5) is 14.0. The van der Waals surface area contributed by atoms with Crippen molar-refractivity contribution in [1.82, 2.24) is 29.1 Å². The van der Waals surface area contributed by atoms with Gasteiger partial charge in [-0.2, -0.15) is 0 Å². The average Bonchev–Trinajstić information content (AvgIpc) is 3.24. The second-order valence-electron chi connectivity index (χ2n) is 7.27. The number of hydrogen-bond donors (Lipinski definition) is 1. The van der Waals surface area contributed by atoms with E-state index < -0.39 is 0 Å². The molecule has 0 unspecified atom stereocenters. The van der Waals surface area contributed by atoms with Crippen molar-refractivity contribution in [2.75, 3.05) is 38.8 Å². The molecule has 150 valence electrons. The number of hydrogen-bond acceptors (Lipinski definition) is 7. The summed E-state index contributed by atoms with van der Waals surface area (Å²) in [5.41, 5.74) is 4.51. The van der Waals surface area contributed by atoms with Crippen LogP contribution in [-0.2, 0) is 16.0 Å². The highest BCUT2D eigenvalue weighted by Crippen LogP contribution is 2.26. The van der Waals surface area contributed by atoms with Crippen molar-refractivity contribution in [3.05, 3.63) is 36.4 Å². The summed E-state index contributed by atoms with van der Waals surface area (Å²) in [6.45, 7) is 5.75. The summed E-state index contributed by atoms with van der Waals surface area (Å²) in [7, 11) is 1.70. The molecule has 5 rings (SSSR count). The van der Waals surface area contributed by atoms with Crippen LogP contribution in [-0.4, -0.2) is 62.6 Å². The van der Waals surface area contributed by atoms with Crippen LogP contribution in [0, 0.1) is 12.8 Å². The molecule has 0 saturated carbocycles. The summed E-state index contributed by atoms with van der Waals surface area (Å²) < 4.78 is 14.3. The van der Waals surface area contributed by atoms with Crippen molar-refractivity contribution in [3.63, 3.8) is 0 Å². The van der Waals surface area contributed by atoms with Gasteiger partial charge < -0.3 is 19.4 Å². The molecule has 4 aromatic rings. The van der Waals surface area contributed by atoms with E-state index in [2.05, 4.69) is 25.0 Å². The highest BCUT2D eigenvalue weighted by atomic mass is 16.5. The van der Waals surface area contributed by atoms with Crippen molar-refractivity contribution < 1.29 is 9.47 Å². The fourth-order valence-electron chi connectivity index (χ4n) is 3.55. The van der Waals surface area contributed by atoms with Gasteiger partial charge in [0.2, 0.25) is 5.95 Å². The fourth-order valence-corrected chi connectivity index (χ4v) is 3.55. The number of nitrogens with zero attached hydrogens (tertiary/aromatic N) is 6. The van der Waals surface area contributed by atoms with E-state index >= 15 is 0 Å². The zero-order valence-electron chi connectivity index (χ0n) is 16.5. The fraction of sp³-hybridized carbons (Fsp3) is 0.400. The lowest BCUT2D eigenvalue weighted by atomic mass is 10.1. The Morgan fingerprint density at radius 3 is 2.93 bits per heavy atom. The largest absolute Gasteiger partial charge is 0.383 e. The number of pyridine rings is 1. The maximum Gasteiger partial charge on any atom is 0.241 e. The lowest BCUT2D eigenvalue weighted by molar-refractivity contribution is -0.0249. The SMILES string of the molecule is COCCn1c(C)nc2ccc(-c3ccn4nc(NCC5COC5)ncc34)nc21. The number of imidazole rings is 1. The smallest absolute Gasteiger partial charge is 0.241 e. The minimum absolute atomic E-state index is 0.539. The van der Waals surface area contributed by atoms with E-state index in [0.29, 0.717) is 18.5 Å². The van der Waals surface area contributed by atoms with E-state index in [1.807, 2.05) is 42.0 Å². The van der Waals surface area contributed by atoms with Gasteiger partial charge in [0.05, 0.1) is 37.2 Å². The van der Waals surface area contributed by atoms with Crippen LogP contribution in [0.2, 0.25) is 0 Å². The second-order valence-corrected chi connectivity index (χ2v) is 7.27. The number of ether oxygens (including phenoxy) is 2. The van der Waals surface area contributed by atoms with Crippen LogP contribution >= 0.6 is 0 Å². The van der Waals surface area contributed by atoms with Crippen molar-refractivity contribution in [1.29, 1.82) is 0 Å². The van der Waals surface area contributed by atoms with Gasteiger partial charge in [0.1, 0.15) is 11.3 Å². The van der Waals surface area contributed by atoms with Crippen LogP contribution in [0.25, 0.3) is 27.9 Å². The number of aryl methyl sites for hydroxylation is 1. The summed E-state index contributed by atoms with van der Waals surface area (Å²) in [6, 6.07) is 6.02. The third-order valence-corrected chi connectivity index (χ3v) is 5.25. The molecule has 9 heteroatoms. The van der Waals surface area contributed by atoms with Crippen LogP contribution < -0.4 is 5.32 Å². The van der Waals surface area contributed by atoms with Crippen LogP contribution in [0.3, 0.4) is 0 Å². The van der Waals surface area contributed by atoms with E-state index in [4.69, 9.17) is 14.5 Å². The minimum atomic E-state index is 0.539. The Balaban J connectivity index is 1.47. The topological polar surface area (TPSA) is 91.4 Å². The Bertz CT molecular complexity index is 1160. The molecular weight excluding hydrogens is 370 g/mol. The molecule has 5 heterocycles. The standard InChI is InChI=1S/C20H23N7O2/c1-13-23-17-4-3-16(24-19(17)26(13)7-8-28-2)15-5-6-27-18(15)10-22-20(25-27)21-9-14-11-29-12-14/h3-6,10,14H,7-9,11-12H2,1-2H3,(H,21,25). The van der Waals surface area contributed by atoms with Gasteiger partial charge in [-0.3, -0.25) is 0 Å². The first-order valence-corrected chi connectivity index (χ1v) is 9.72. The van der Waals surface area contributed by atoms with E-state index in [0.717, 1.165) is 60.1 Å². The van der Waals surface area contributed by atoms with Crippen molar-refractivity contribution in [2.45, 2.75) is 13.5 Å². The molecule has 1 aliphatic heterocycles. The molecule has 4 aromatic heterocycles. The average molecular weight is 393 g/mol. The number of nitrogens with one attached hydrogen (secondary N) is 1. The molecule has 9 nitrogen and oxygen atoms in total. The number of rotatable bonds is 7. The predicted molar refractivity (Wildman–Crippen MR) is 109 cm³/mol. The van der Waals surface area contributed by atoms with Crippen molar-refractivity contribution >= 4 is 22.6 Å². The summed E-state index contributed by atoms with van der Waals surface area (Å²) >= 11 is 0. The first-order chi connectivity index (χ1) is 14.2. The first-order valence-electron chi connectivity index (χ1n) is 9.72. The zero-order valence-corrected chi connectivity index (χ0v) is 16.5. The maximum absolute atomic E-state index is 5.23. The number of aromatic nitrogens is 6. The zero-order chi connectivity index (χ0) is 19.8. The number of fused-ring (bicyclic) bond motifs is 2. The number of anilines is 1. The van der Waals surface area contributed by atoms with Crippen LogP contribution in [0.4, 0.5) is 5.95 Å². The van der Waals surface area contributed by atoms with Crippen molar-refractivity contribution in [2.24, 2.45) is 5.92 Å². The quantitative estimate of drug-likeness (QED) is 0.514. The van der Waals surface area contributed by atoms with Crippen LogP contribution in [0.15, 0.2) is 30.6 Å². The third kappa shape index (κ3) is 3.32. The molecule has 29 heavy (non-hydrogen) atoms. The molecule has 1 aliphatic rings. The molecule has 0 aromatic carbocycles. The molecule has 0 aliphatic carbocycles. The van der Waals surface area contributed by atoms with Gasteiger partial charge in [-0.1, -0.05) is 0 Å². The van der Waals surface area contributed by atoms with Crippen molar-refractivity contribution in [3.8, 4) is 11.3 Å². The monoisotopic (exact) mass is 393 g/mol. The Kier molecular flexibility index (Phi) is 4.61.